The molecule has 0 radical (unpaired) electrons. The van der Waals surface area contributed by atoms with Crippen molar-refractivity contribution in [3.05, 3.63) is 27.8 Å². The van der Waals surface area contributed by atoms with Gasteiger partial charge in [-0.3, -0.25) is 9.59 Å². The summed E-state index contributed by atoms with van der Waals surface area (Å²) < 4.78 is 5.21. The van der Waals surface area contributed by atoms with Gasteiger partial charge in [-0.05, 0) is 52.5 Å². The standard InChI is InChI=1S/C21H29ClO5/c1-14-16(13-23)18(24)15(19(25)17(14)22)11-9-7-5-6-8-10-12-27-20(26)21(2,3)4/h9,11,13,24-25H,5-8,10,12H2,1-4H3/b11-9+. The van der Waals surface area contributed by atoms with E-state index in [-0.39, 0.29) is 33.6 Å². The number of carbonyl (C=O) groups is 2. The second-order valence-electron chi connectivity index (χ2n) is 7.57. The van der Waals surface area contributed by atoms with E-state index in [1.165, 1.54) is 0 Å². The van der Waals surface area contributed by atoms with Crippen LogP contribution in [0.3, 0.4) is 0 Å². The van der Waals surface area contributed by atoms with Crippen LogP contribution in [0.15, 0.2) is 6.08 Å². The molecule has 0 aliphatic rings. The Bertz CT molecular complexity index is 702. The first-order chi connectivity index (χ1) is 12.6. The molecule has 1 aromatic rings. The van der Waals surface area contributed by atoms with Crippen LogP contribution in [0.2, 0.25) is 5.02 Å². The van der Waals surface area contributed by atoms with E-state index in [0.29, 0.717) is 18.5 Å². The molecule has 6 heteroatoms. The maximum absolute atomic E-state index is 11.6. The van der Waals surface area contributed by atoms with Crippen LogP contribution >= 0.6 is 11.6 Å². The third kappa shape index (κ3) is 6.58. The zero-order chi connectivity index (χ0) is 20.6. The summed E-state index contributed by atoms with van der Waals surface area (Å²) in [5.74, 6) is -0.674. The average Bonchev–Trinajstić information content (AvgIpc) is 2.60. The number of ether oxygens (including phenoxy) is 1. The zero-order valence-corrected chi connectivity index (χ0v) is 17.2. The van der Waals surface area contributed by atoms with Gasteiger partial charge in [0.15, 0.2) is 6.29 Å². The van der Waals surface area contributed by atoms with E-state index in [1.807, 2.05) is 26.8 Å². The topological polar surface area (TPSA) is 83.8 Å². The number of aromatic hydroxyl groups is 2. The number of hydrogen-bond donors (Lipinski definition) is 2. The summed E-state index contributed by atoms with van der Waals surface area (Å²) in [6.07, 6.45) is 8.36. The molecule has 0 aliphatic carbocycles. The van der Waals surface area contributed by atoms with Crippen molar-refractivity contribution in [3.63, 3.8) is 0 Å². The first kappa shape index (κ1) is 23.0. The van der Waals surface area contributed by atoms with Gasteiger partial charge >= 0.3 is 5.97 Å². The molecule has 0 spiro atoms. The summed E-state index contributed by atoms with van der Waals surface area (Å²) >= 11 is 6.01. The van der Waals surface area contributed by atoms with Gasteiger partial charge in [-0.25, -0.2) is 0 Å². The summed E-state index contributed by atoms with van der Waals surface area (Å²) in [4.78, 5) is 22.7. The smallest absolute Gasteiger partial charge is 0.311 e. The van der Waals surface area contributed by atoms with Crippen molar-refractivity contribution >= 4 is 29.9 Å². The lowest BCUT2D eigenvalue weighted by Gasteiger charge is -2.16. The molecule has 0 fully saturated rings. The van der Waals surface area contributed by atoms with Gasteiger partial charge in [0, 0.05) is 0 Å². The Kier molecular flexibility index (Phi) is 8.83. The van der Waals surface area contributed by atoms with Crippen molar-refractivity contribution in [1.82, 2.24) is 0 Å². The van der Waals surface area contributed by atoms with E-state index < -0.39 is 5.41 Å². The van der Waals surface area contributed by atoms with Crippen LogP contribution in [0.4, 0.5) is 0 Å². The number of benzene rings is 1. The summed E-state index contributed by atoms with van der Waals surface area (Å²) in [5.41, 5.74) is 0.125. The highest BCUT2D eigenvalue weighted by Crippen LogP contribution is 2.40. The van der Waals surface area contributed by atoms with Crippen molar-refractivity contribution in [2.75, 3.05) is 6.61 Å². The number of carbonyl (C=O) groups excluding carboxylic acids is 2. The minimum Gasteiger partial charge on any atom is -0.506 e. The summed E-state index contributed by atoms with van der Waals surface area (Å²) in [7, 11) is 0. The molecular formula is C21H29ClO5. The van der Waals surface area contributed by atoms with Crippen molar-refractivity contribution in [3.8, 4) is 11.5 Å². The monoisotopic (exact) mass is 396 g/mol. The highest BCUT2D eigenvalue weighted by Gasteiger charge is 2.22. The molecule has 5 nitrogen and oxygen atoms in total. The minimum atomic E-state index is -0.468. The van der Waals surface area contributed by atoms with Crippen LogP contribution in [0.1, 0.15) is 74.4 Å². The summed E-state index contributed by atoms with van der Waals surface area (Å²) in [6, 6.07) is 0. The van der Waals surface area contributed by atoms with Gasteiger partial charge < -0.3 is 14.9 Å². The number of allylic oxidation sites excluding steroid dienone is 1. The molecule has 2 N–H and O–H groups in total. The number of hydrogen-bond acceptors (Lipinski definition) is 5. The molecule has 0 bridgehead atoms. The second kappa shape index (κ2) is 10.4. The van der Waals surface area contributed by atoms with Crippen LogP contribution in [-0.2, 0) is 9.53 Å². The van der Waals surface area contributed by atoms with Gasteiger partial charge in [0.25, 0.3) is 0 Å². The molecular weight excluding hydrogens is 368 g/mol. The fourth-order valence-electron chi connectivity index (χ4n) is 2.45. The molecule has 1 aromatic carbocycles. The predicted molar refractivity (Wildman–Crippen MR) is 107 cm³/mol. The number of halogens is 1. The number of phenolic OH excluding ortho intramolecular Hbond substituents is 2. The van der Waals surface area contributed by atoms with Gasteiger partial charge in [-0.15, -0.1) is 0 Å². The van der Waals surface area contributed by atoms with Crippen LogP contribution in [0.5, 0.6) is 11.5 Å². The van der Waals surface area contributed by atoms with E-state index >= 15 is 0 Å². The number of phenols is 2. The molecule has 1 rings (SSSR count). The van der Waals surface area contributed by atoms with Crippen LogP contribution in [0, 0.1) is 12.3 Å². The molecule has 0 aromatic heterocycles. The van der Waals surface area contributed by atoms with E-state index in [1.54, 1.807) is 13.0 Å². The Morgan fingerprint density at radius 2 is 1.70 bits per heavy atom. The molecule has 0 unspecified atom stereocenters. The normalized spacial score (nSPS) is 11.7. The third-order valence-electron chi connectivity index (χ3n) is 4.22. The van der Waals surface area contributed by atoms with E-state index in [4.69, 9.17) is 16.3 Å². The minimum absolute atomic E-state index is 0.0688. The van der Waals surface area contributed by atoms with Gasteiger partial charge in [-0.1, -0.05) is 36.6 Å². The third-order valence-corrected chi connectivity index (χ3v) is 4.68. The number of unbranched alkanes of at least 4 members (excludes halogenated alkanes) is 4. The fraction of sp³-hybridized carbons (Fsp3) is 0.524. The second-order valence-corrected chi connectivity index (χ2v) is 7.95. The first-order valence-electron chi connectivity index (χ1n) is 9.14. The fourth-order valence-corrected chi connectivity index (χ4v) is 2.65. The SMILES string of the molecule is Cc1c(Cl)c(O)c(/C=C/CCCCCCOC(=O)C(C)(C)C)c(O)c1C=O. The van der Waals surface area contributed by atoms with Crippen LogP contribution < -0.4 is 0 Å². The van der Waals surface area contributed by atoms with E-state index in [0.717, 1.165) is 32.1 Å². The Morgan fingerprint density at radius 3 is 2.30 bits per heavy atom. The maximum Gasteiger partial charge on any atom is 0.311 e. The Morgan fingerprint density at radius 1 is 1.07 bits per heavy atom. The molecule has 27 heavy (non-hydrogen) atoms. The quantitative estimate of drug-likeness (QED) is 0.330. The van der Waals surface area contributed by atoms with Crippen molar-refractivity contribution in [1.29, 1.82) is 0 Å². The van der Waals surface area contributed by atoms with Crippen molar-refractivity contribution in [2.45, 2.75) is 59.8 Å². The van der Waals surface area contributed by atoms with E-state index in [2.05, 4.69) is 0 Å². The lowest BCUT2D eigenvalue weighted by atomic mass is 9.97. The Balaban J connectivity index is 2.42. The van der Waals surface area contributed by atoms with Gasteiger partial charge in [0.2, 0.25) is 0 Å². The summed E-state index contributed by atoms with van der Waals surface area (Å²) in [5, 5.41) is 20.3. The Hall–Kier alpha value is -2.01. The maximum atomic E-state index is 11.6. The highest BCUT2D eigenvalue weighted by molar-refractivity contribution is 6.33. The number of aldehydes is 1. The van der Waals surface area contributed by atoms with Gasteiger partial charge in [-0.2, -0.15) is 0 Å². The molecule has 0 heterocycles. The van der Waals surface area contributed by atoms with Gasteiger partial charge in [0.1, 0.15) is 11.5 Å². The number of esters is 1. The van der Waals surface area contributed by atoms with Crippen molar-refractivity contribution in [2.24, 2.45) is 5.41 Å². The largest absolute Gasteiger partial charge is 0.506 e. The molecule has 0 atom stereocenters. The molecule has 0 saturated carbocycles. The molecule has 0 amide bonds. The lowest BCUT2D eigenvalue weighted by molar-refractivity contribution is -0.153. The van der Waals surface area contributed by atoms with Gasteiger partial charge in [0.05, 0.1) is 28.2 Å². The van der Waals surface area contributed by atoms with Crippen LogP contribution in [-0.4, -0.2) is 29.1 Å². The molecule has 0 saturated heterocycles. The molecule has 0 aliphatic heterocycles. The lowest BCUT2D eigenvalue weighted by Crippen LogP contribution is -2.23. The Labute approximate surface area is 166 Å². The first-order valence-corrected chi connectivity index (χ1v) is 9.52. The highest BCUT2D eigenvalue weighted by atomic mass is 35.5. The predicted octanol–water partition coefficient (Wildman–Crippen LogP) is 5.43. The average molecular weight is 397 g/mol. The van der Waals surface area contributed by atoms with E-state index in [9.17, 15) is 19.8 Å². The van der Waals surface area contributed by atoms with Crippen molar-refractivity contribution < 1.29 is 24.5 Å². The number of rotatable bonds is 9. The summed E-state index contributed by atoms with van der Waals surface area (Å²) in [6.45, 7) is 7.49. The van der Waals surface area contributed by atoms with Crippen LogP contribution in [0.25, 0.3) is 6.08 Å². The zero-order valence-electron chi connectivity index (χ0n) is 16.5. The molecule has 150 valence electrons.